The standard InChI is InChI=1S/C14H10BrCl2N3/c15-9-3-1-8(2-4-9)7-20-13-6-11(17)10(16)5-12(13)19-14(20)18/h1-6H,7H2,(H2,18,19). The molecule has 0 radical (unpaired) electrons. The molecule has 0 aliphatic carbocycles. The van der Waals surface area contributed by atoms with Crippen LogP contribution >= 0.6 is 39.1 Å². The zero-order chi connectivity index (χ0) is 14.3. The molecule has 0 aliphatic rings. The molecule has 2 aromatic carbocycles. The molecule has 0 spiro atoms. The number of nitrogens with two attached hydrogens (primary N) is 1. The van der Waals surface area contributed by atoms with Gasteiger partial charge in [-0.2, -0.15) is 0 Å². The summed E-state index contributed by atoms with van der Waals surface area (Å²) < 4.78 is 2.96. The summed E-state index contributed by atoms with van der Waals surface area (Å²) in [7, 11) is 0. The number of rotatable bonds is 2. The Balaban J connectivity index is 2.08. The highest BCUT2D eigenvalue weighted by molar-refractivity contribution is 9.10. The summed E-state index contributed by atoms with van der Waals surface area (Å²) in [5.41, 5.74) is 8.74. The third kappa shape index (κ3) is 2.51. The lowest BCUT2D eigenvalue weighted by atomic mass is 10.2. The molecule has 3 rings (SSSR count). The highest BCUT2D eigenvalue weighted by atomic mass is 79.9. The van der Waals surface area contributed by atoms with Gasteiger partial charge in [0.2, 0.25) is 5.95 Å². The lowest BCUT2D eigenvalue weighted by molar-refractivity contribution is 0.838. The summed E-state index contributed by atoms with van der Waals surface area (Å²) in [6, 6.07) is 11.6. The predicted molar refractivity (Wildman–Crippen MR) is 87.4 cm³/mol. The van der Waals surface area contributed by atoms with E-state index < -0.39 is 0 Å². The van der Waals surface area contributed by atoms with E-state index in [9.17, 15) is 0 Å². The molecule has 0 saturated carbocycles. The Kier molecular flexibility index (Phi) is 3.63. The number of fused-ring (bicyclic) bond motifs is 1. The first-order valence-electron chi connectivity index (χ1n) is 5.90. The SMILES string of the molecule is Nc1nc2cc(Cl)c(Cl)cc2n1Cc1ccc(Br)cc1. The van der Waals surface area contributed by atoms with Gasteiger partial charge in [-0.25, -0.2) is 4.98 Å². The zero-order valence-corrected chi connectivity index (χ0v) is 13.4. The van der Waals surface area contributed by atoms with E-state index in [1.54, 1.807) is 12.1 Å². The van der Waals surface area contributed by atoms with E-state index in [0.717, 1.165) is 21.1 Å². The summed E-state index contributed by atoms with van der Waals surface area (Å²) in [5.74, 6) is 0.446. The number of hydrogen-bond acceptors (Lipinski definition) is 2. The Morgan fingerprint density at radius 1 is 1.10 bits per heavy atom. The Hall–Kier alpha value is -1.23. The van der Waals surface area contributed by atoms with Crippen molar-refractivity contribution in [2.75, 3.05) is 5.73 Å². The zero-order valence-electron chi connectivity index (χ0n) is 10.3. The van der Waals surface area contributed by atoms with E-state index in [1.165, 1.54) is 0 Å². The molecule has 0 fully saturated rings. The smallest absolute Gasteiger partial charge is 0.201 e. The van der Waals surface area contributed by atoms with Crippen molar-refractivity contribution in [3.63, 3.8) is 0 Å². The molecule has 20 heavy (non-hydrogen) atoms. The minimum Gasteiger partial charge on any atom is -0.369 e. The van der Waals surface area contributed by atoms with E-state index in [2.05, 4.69) is 20.9 Å². The first-order chi connectivity index (χ1) is 9.54. The molecule has 0 amide bonds. The maximum atomic E-state index is 6.07. The van der Waals surface area contributed by atoms with Crippen LogP contribution in [0.5, 0.6) is 0 Å². The molecule has 0 unspecified atom stereocenters. The fourth-order valence-corrected chi connectivity index (χ4v) is 2.66. The van der Waals surface area contributed by atoms with Gasteiger partial charge in [0.05, 0.1) is 27.6 Å². The molecule has 102 valence electrons. The van der Waals surface area contributed by atoms with Crippen molar-refractivity contribution in [3.8, 4) is 0 Å². The largest absolute Gasteiger partial charge is 0.369 e. The summed E-state index contributed by atoms with van der Waals surface area (Å²) in [6.45, 7) is 0.633. The van der Waals surface area contributed by atoms with Crippen molar-refractivity contribution in [1.82, 2.24) is 9.55 Å². The maximum Gasteiger partial charge on any atom is 0.201 e. The van der Waals surface area contributed by atoms with Crippen molar-refractivity contribution in [1.29, 1.82) is 0 Å². The van der Waals surface area contributed by atoms with Gasteiger partial charge in [-0.1, -0.05) is 51.3 Å². The molecule has 3 aromatic rings. The van der Waals surface area contributed by atoms with Gasteiger partial charge in [0, 0.05) is 4.47 Å². The first-order valence-corrected chi connectivity index (χ1v) is 7.44. The predicted octanol–water partition coefficient (Wildman–Crippen LogP) is 4.74. The average molecular weight is 371 g/mol. The number of benzene rings is 2. The quantitative estimate of drug-likeness (QED) is 0.708. The van der Waals surface area contributed by atoms with Crippen LogP contribution in [-0.2, 0) is 6.54 Å². The van der Waals surface area contributed by atoms with Crippen LogP contribution in [0.2, 0.25) is 10.0 Å². The molecule has 0 bridgehead atoms. The van der Waals surface area contributed by atoms with Gasteiger partial charge in [-0.05, 0) is 29.8 Å². The molecule has 3 nitrogen and oxygen atoms in total. The van der Waals surface area contributed by atoms with Crippen LogP contribution in [0.15, 0.2) is 40.9 Å². The second kappa shape index (κ2) is 5.28. The molecular formula is C14H10BrCl2N3. The van der Waals surface area contributed by atoms with Crippen molar-refractivity contribution < 1.29 is 0 Å². The highest BCUT2D eigenvalue weighted by Crippen LogP contribution is 2.29. The van der Waals surface area contributed by atoms with Gasteiger partial charge in [0.25, 0.3) is 0 Å². The fourth-order valence-electron chi connectivity index (χ4n) is 2.08. The molecule has 2 N–H and O–H groups in total. The van der Waals surface area contributed by atoms with Crippen LogP contribution in [-0.4, -0.2) is 9.55 Å². The monoisotopic (exact) mass is 369 g/mol. The minimum atomic E-state index is 0.446. The lowest BCUT2D eigenvalue weighted by Crippen LogP contribution is -2.04. The van der Waals surface area contributed by atoms with Crippen LogP contribution in [0.25, 0.3) is 11.0 Å². The van der Waals surface area contributed by atoms with Crippen molar-refractivity contribution >= 4 is 56.1 Å². The van der Waals surface area contributed by atoms with Gasteiger partial charge in [0.15, 0.2) is 0 Å². The second-order valence-electron chi connectivity index (χ2n) is 4.44. The van der Waals surface area contributed by atoms with E-state index in [1.807, 2.05) is 28.8 Å². The van der Waals surface area contributed by atoms with Crippen LogP contribution in [0.3, 0.4) is 0 Å². The molecule has 0 saturated heterocycles. The summed E-state index contributed by atoms with van der Waals surface area (Å²) >= 11 is 15.5. The third-order valence-corrected chi connectivity index (χ3v) is 4.32. The van der Waals surface area contributed by atoms with E-state index >= 15 is 0 Å². The first kappa shape index (κ1) is 13.7. The Bertz CT molecular complexity index is 781. The number of aromatic nitrogens is 2. The summed E-state index contributed by atoms with van der Waals surface area (Å²) in [6.07, 6.45) is 0. The van der Waals surface area contributed by atoms with Gasteiger partial charge in [-0.15, -0.1) is 0 Å². The Labute approximate surface area is 134 Å². The molecule has 0 aliphatic heterocycles. The van der Waals surface area contributed by atoms with Crippen molar-refractivity contribution in [2.24, 2.45) is 0 Å². The molecule has 0 atom stereocenters. The number of hydrogen-bond donors (Lipinski definition) is 1. The number of nitrogens with zero attached hydrogens (tertiary/aromatic N) is 2. The van der Waals surface area contributed by atoms with E-state index in [-0.39, 0.29) is 0 Å². The molecule has 1 aromatic heterocycles. The van der Waals surface area contributed by atoms with Crippen molar-refractivity contribution in [2.45, 2.75) is 6.54 Å². The maximum absolute atomic E-state index is 6.07. The van der Waals surface area contributed by atoms with Gasteiger partial charge in [0.1, 0.15) is 0 Å². The van der Waals surface area contributed by atoms with E-state index in [0.29, 0.717) is 22.5 Å². The average Bonchev–Trinajstić information content (AvgIpc) is 2.69. The number of anilines is 1. The minimum absolute atomic E-state index is 0.446. The van der Waals surface area contributed by atoms with Crippen LogP contribution in [0.1, 0.15) is 5.56 Å². The molecular weight excluding hydrogens is 361 g/mol. The van der Waals surface area contributed by atoms with Crippen LogP contribution in [0, 0.1) is 0 Å². The topological polar surface area (TPSA) is 43.8 Å². The molecule has 6 heteroatoms. The highest BCUT2D eigenvalue weighted by Gasteiger charge is 2.11. The normalized spacial score (nSPS) is 11.2. The van der Waals surface area contributed by atoms with Crippen LogP contribution in [0.4, 0.5) is 5.95 Å². The van der Waals surface area contributed by atoms with Crippen LogP contribution < -0.4 is 5.73 Å². The third-order valence-electron chi connectivity index (χ3n) is 3.07. The van der Waals surface area contributed by atoms with Gasteiger partial charge >= 0.3 is 0 Å². The van der Waals surface area contributed by atoms with Gasteiger partial charge in [-0.3, -0.25) is 0 Å². The number of nitrogen functional groups attached to an aromatic ring is 1. The van der Waals surface area contributed by atoms with E-state index in [4.69, 9.17) is 28.9 Å². The molecule has 1 heterocycles. The number of halogens is 3. The Morgan fingerprint density at radius 3 is 2.45 bits per heavy atom. The fraction of sp³-hybridized carbons (Fsp3) is 0.0714. The van der Waals surface area contributed by atoms with Crippen molar-refractivity contribution in [3.05, 3.63) is 56.5 Å². The number of imidazole rings is 1. The second-order valence-corrected chi connectivity index (χ2v) is 6.17. The lowest BCUT2D eigenvalue weighted by Gasteiger charge is -2.07. The summed E-state index contributed by atoms with van der Waals surface area (Å²) in [5, 5.41) is 0.976. The Morgan fingerprint density at radius 2 is 1.75 bits per heavy atom. The summed E-state index contributed by atoms with van der Waals surface area (Å²) in [4.78, 5) is 4.32. The van der Waals surface area contributed by atoms with Gasteiger partial charge < -0.3 is 10.3 Å².